The van der Waals surface area contributed by atoms with Crippen molar-refractivity contribution in [2.24, 2.45) is 23.7 Å². The first-order chi connectivity index (χ1) is 23.9. The molecule has 5 aromatic rings. The van der Waals surface area contributed by atoms with Gasteiger partial charge in [-0.15, -0.1) is 0 Å². The van der Waals surface area contributed by atoms with Crippen LogP contribution in [-0.4, -0.2) is 78.5 Å². The van der Waals surface area contributed by atoms with Crippen LogP contribution in [0, 0.1) is 23.7 Å². The first kappa shape index (κ1) is 29.5. The predicted molar refractivity (Wildman–Crippen MR) is 186 cm³/mol. The van der Waals surface area contributed by atoms with Gasteiger partial charge in [-0.25, -0.2) is 15.0 Å². The molecule has 10 rings (SSSR count). The van der Waals surface area contributed by atoms with Gasteiger partial charge >= 0.3 is 0 Å². The zero-order valence-electron chi connectivity index (χ0n) is 27.5. The Balaban J connectivity index is 1.07. The van der Waals surface area contributed by atoms with Gasteiger partial charge in [0.1, 0.15) is 22.1 Å². The Labute approximate surface area is 289 Å². The molecule has 0 N–H and O–H groups in total. The van der Waals surface area contributed by atoms with Crippen molar-refractivity contribution in [1.29, 1.82) is 0 Å². The summed E-state index contributed by atoms with van der Waals surface area (Å²) in [5, 5.41) is 1.39. The molecule has 11 heteroatoms. The highest BCUT2D eigenvalue weighted by Gasteiger charge is 2.61. The smallest absolute Gasteiger partial charge is 0.254 e. The van der Waals surface area contributed by atoms with E-state index in [9.17, 15) is 9.59 Å². The molecule has 6 heterocycles. The van der Waals surface area contributed by atoms with Gasteiger partial charge in [0, 0.05) is 67.2 Å². The number of piperidine rings is 1. The highest BCUT2D eigenvalue weighted by Crippen LogP contribution is 2.61. The monoisotopic (exact) mass is 675 g/mol. The fraction of sp³-hybridized carbons (Fsp3) is 0.447. The lowest BCUT2D eigenvalue weighted by molar-refractivity contribution is -0.0204. The van der Waals surface area contributed by atoms with Crippen molar-refractivity contribution < 1.29 is 14.3 Å². The number of ether oxygens (including phenoxy) is 1. The van der Waals surface area contributed by atoms with E-state index in [1.165, 1.54) is 19.3 Å². The molecule has 1 aromatic carbocycles. The van der Waals surface area contributed by atoms with Gasteiger partial charge in [-0.2, -0.15) is 0 Å². The molecule has 2 aliphatic heterocycles. The standard InChI is InChI=1S/C38H38ClN7O3/c1-49-31-17-25(38(48)45-20-26-13-24-16-29(45)33(24)26)14-28-34(31)46(27-7-11-43(12-8-27)37(47)23-6-10-40-32(39)18-23)36(42-28)30-15-22-3-2-9-41-35(22)44(30)19-21-4-5-21/h2-3,6,9-10,14-15,17-18,21,24,26-27,29,33H,4-5,7-8,11-13,16,19-20H2,1H3/t24?,26?,29?,33-/m1/s1. The summed E-state index contributed by atoms with van der Waals surface area (Å²) < 4.78 is 10.8. The number of pyridine rings is 2. The van der Waals surface area contributed by atoms with Crippen LogP contribution < -0.4 is 4.74 Å². The molecule has 3 aliphatic carbocycles. The maximum Gasteiger partial charge on any atom is 0.254 e. The molecular weight excluding hydrogens is 638 g/mol. The third-order valence-electron chi connectivity index (χ3n) is 12.1. The van der Waals surface area contributed by atoms with Crippen molar-refractivity contribution in [3.63, 3.8) is 0 Å². The number of hydrogen-bond donors (Lipinski definition) is 0. The van der Waals surface area contributed by atoms with E-state index in [1.54, 1.807) is 25.4 Å². The lowest BCUT2D eigenvalue weighted by atomic mass is 9.53. The van der Waals surface area contributed by atoms with Crippen LogP contribution in [0.3, 0.4) is 0 Å². The lowest BCUT2D eigenvalue weighted by Gasteiger charge is -2.52. The topological polar surface area (TPSA) is 98.4 Å². The van der Waals surface area contributed by atoms with Crippen molar-refractivity contribution >= 4 is 45.5 Å². The number of aromatic nitrogens is 5. The lowest BCUT2D eigenvalue weighted by Crippen LogP contribution is -2.53. The van der Waals surface area contributed by atoms with Crippen molar-refractivity contribution in [3.8, 4) is 17.3 Å². The van der Waals surface area contributed by atoms with Crippen LogP contribution in [0.1, 0.15) is 65.3 Å². The summed E-state index contributed by atoms with van der Waals surface area (Å²) in [5.41, 5.74) is 4.82. The summed E-state index contributed by atoms with van der Waals surface area (Å²) in [6.45, 7) is 2.93. The number of rotatable bonds is 7. The van der Waals surface area contributed by atoms with E-state index in [0.717, 1.165) is 71.9 Å². The van der Waals surface area contributed by atoms with Crippen LogP contribution in [0.5, 0.6) is 5.75 Å². The fourth-order valence-electron chi connectivity index (χ4n) is 9.43. The van der Waals surface area contributed by atoms with Gasteiger partial charge in [-0.05, 0) is 105 Å². The maximum atomic E-state index is 14.1. The van der Waals surface area contributed by atoms with Gasteiger partial charge in [0.15, 0.2) is 5.82 Å². The molecule has 3 unspecified atom stereocenters. The minimum absolute atomic E-state index is 0.0389. The summed E-state index contributed by atoms with van der Waals surface area (Å²) in [5.74, 6) is 4.38. The number of likely N-dealkylation sites (tertiary alicyclic amines) is 2. The first-order valence-electron chi connectivity index (χ1n) is 17.7. The number of methoxy groups -OCH3 is 1. The van der Waals surface area contributed by atoms with Crippen molar-refractivity contribution in [2.45, 2.75) is 57.2 Å². The Morgan fingerprint density at radius 1 is 0.939 bits per heavy atom. The summed E-state index contributed by atoms with van der Waals surface area (Å²) in [6.07, 6.45) is 9.76. The van der Waals surface area contributed by atoms with Crippen molar-refractivity contribution in [1.82, 2.24) is 33.9 Å². The minimum Gasteiger partial charge on any atom is -0.494 e. The minimum atomic E-state index is -0.0389. The van der Waals surface area contributed by atoms with Crippen molar-refractivity contribution in [2.75, 3.05) is 26.7 Å². The van der Waals surface area contributed by atoms with Crippen LogP contribution in [0.4, 0.5) is 0 Å². The molecule has 2 saturated heterocycles. The summed E-state index contributed by atoms with van der Waals surface area (Å²) in [4.78, 5) is 45.8. The van der Waals surface area contributed by atoms with E-state index in [-0.39, 0.29) is 17.9 Å². The first-order valence-corrected chi connectivity index (χ1v) is 18.1. The summed E-state index contributed by atoms with van der Waals surface area (Å²) >= 11 is 6.11. The molecule has 250 valence electrons. The van der Waals surface area contributed by atoms with Gasteiger partial charge in [-0.3, -0.25) is 9.59 Å². The molecule has 2 amide bonds. The molecule has 10 nitrogen and oxygen atoms in total. The van der Waals surface area contributed by atoms with Crippen molar-refractivity contribution in [3.05, 3.63) is 71.1 Å². The van der Waals surface area contributed by atoms with Gasteiger partial charge in [0.25, 0.3) is 11.8 Å². The molecule has 3 saturated carbocycles. The third-order valence-corrected chi connectivity index (χ3v) is 12.3. The highest BCUT2D eigenvalue weighted by atomic mass is 35.5. The Hall–Kier alpha value is -4.44. The highest BCUT2D eigenvalue weighted by molar-refractivity contribution is 6.29. The number of halogens is 1. The number of carbonyl (C=O) groups is 2. The molecule has 4 aromatic heterocycles. The zero-order valence-corrected chi connectivity index (χ0v) is 28.2. The SMILES string of the molecule is COc1cc(C(=O)N2CC3CC4CC2[C@H]43)cc2nc(-c3cc4cccnc4n3CC3CC3)n(C3CCN(C(=O)c4ccnc(Cl)c4)CC3)c12. The molecule has 5 aliphatic rings. The second kappa shape index (κ2) is 11.0. The quantitative estimate of drug-likeness (QED) is 0.183. The number of amides is 2. The van der Waals surface area contributed by atoms with E-state index in [4.69, 9.17) is 26.3 Å². The average Bonchev–Trinajstić information content (AvgIpc) is 3.75. The van der Waals surface area contributed by atoms with Crippen LogP contribution in [0.2, 0.25) is 5.15 Å². The van der Waals surface area contributed by atoms with Gasteiger partial charge in [-0.1, -0.05) is 11.6 Å². The maximum absolute atomic E-state index is 14.1. The van der Waals surface area contributed by atoms with E-state index < -0.39 is 0 Å². The summed E-state index contributed by atoms with van der Waals surface area (Å²) in [7, 11) is 1.68. The predicted octanol–water partition coefficient (Wildman–Crippen LogP) is 6.48. The van der Waals surface area contributed by atoms with Crippen LogP contribution >= 0.6 is 11.6 Å². The average molecular weight is 676 g/mol. The molecule has 5 fully saturated rings. The number of hydrogen-bond acceptors (Lipinski definition) is 6. The second-order valence-electron chi connectivity index (χ2n) is 14.8. The molecule has 0 radical (unpaired) electrons. The Bertz CT molecular complexity index is 2160. The normalized spacial score (nSPS) is 24.6. The van der Waals surface area contributed by atoms with E-state index in [2.05, 4.69) is 31.2 Å². The Kier molecular flexibility index (Phi) is 6.64. The van der Waals surface area contributed by atoms with Crippen LogP contribution in [-0.2, 0) is 6.54 Å². The fourth-order valence-corrected chi connectivity index (χ4v) is 9.61. The number of benzene rings is 1. The molecule has 0 spiro atoms. The van der Waals surface area contributed by atoms with Crippen LogP contribution in [0.25, 0.3) is 33.6 Å². The van der Waals surface area contributed by atoms with E-state index in [1.807, 2.05) is 29.3 Å². The van der Waals surface area contributed by atoms with E-state index >= 15 is 0 Å². The largest absolute Gasteiger partial charge is 0.494 e. The van der Waals surface area contributed by atoms with Gasteiger partial charge < -0.3 is 23.7 Å². The number of imidazole rings is 1. The Morgan fingerprint density at radius 2 is 1.80 bits per heavy atom. The number of fused-ring (bicyclic) bond motifs is 2. The van der Waals surface area contributed by atoms with Gasteiger partial charge in [0.05, 0.1) is 18.3 Å². The third kappa shape index (κ3) is 4.62. The molecule has 4 atom stereocenters. The molecular formula is C38H38ClN7O3. The van der Waals surface area contributed by atoms with Gasteiger partial charge in [0.2, 0.25) is 0 Å². The van der Waals surface area contributed by atoms with Crippen LogP contribution in [0.15, 0.2) is 54.9 Å². The molecule has 49 heavy (non-hydrogen) atoms. The molecule has 0 bridgehead atoms. The second-order valence-corrected chi connectivity index (χ2v) is 15.2. The summed E-state index contributed by atoms with van der Waals surface area (Å²) in [6, 6.07) is 14.0. The Morgan fingerprint density at radius 3 is 2.55 bits per heavy atom. The number of nitrogens with zero attached hydrogens (tertiary/aromatic N) is 7. The number of carbonyl (C=O) groups excluding carboxylic acids is 2. The zero-order chi connectivity index (χ0) is 33.0. The van der Waals surface area contributed by atoms with E-state index in [0.29, 0.717) is 58.9 Å².